The second-order valence-electron chi connectivity index (χ2n) is 19.5. The number of carbonyl (C=O) groups is 2. The number of aromatic nitrogens is 1. The van der Waals surface area contributed by atoms with Gasteiger partial charge in [0.25, 0.3) is 5.91 Å². The number of carbonyl (C=O) groups excluding carboxylic acids is 2. The number of phenolic OH excluding ortho intramolecular Hbond substituents is 1. The lowest BCUT2D eigenvalue weighted by atomic mass is 9.69. The second kappa shape index (κ2) is 17.7. The van der Waals surface area contributed by atoms with Crippen LogP contribution in [0.1, 0.15) is 116 Å². The number of rotatable bonds is 14. The number of ether oxygens (including phenoxy) is 1. The molecule has 2 atom stereocenters. The minimum absolute atomic E-state index is 0.0133. The molecule has 0 radical (unpaired) electrons. The van der Waals surface area contributed by atoms with Gasteiger partial charge in [-0.1, -0.05) is 94.7 Å². The van der Waals surface area contributed by atoms with E-state index in [1.807, 2.05) is 23.1 Å². The van der Waals surface area contributed by atoms with E-state index in [0.717, 1.165) is 110 Å². The molecule has 11 heteroatoms. The Morgan fingerprint density at radius 1 is 1.02 bits per heavy atom. The lowest BCUT2D eigenvalue weighted by Crippen LogP contribution is -2.53. The van der Waals surface area contributed by atoms with Gasteiger partial charge < -0.3 is 29.5 Å². The second-order valence-corrected chi connectivity index (χ2v) is 24.3. The molecule has 0 spiro atoms. The monoisotopic (exact) mass is 844 g/mol. The van der Waals surface area contributed by atoms with Crippen LogP contribution in [0, 0.1) is 5.92 Å². The van der Waals surface area contributed by atoms with Crippen molar-refractivity contribution in [3.05, 3.63) is 117 Å². The van der Waals surface area contributed by atoms with Crippen LogP contribution in [0.3, 0.4) is 0 Å². The molecule has 9 rings (SSSR count). The van der Waals surface area contributed by atoms with E-state index in [1.54, 1.807) is 12.1 Å². The van der Waals surface area contributed by atoms with Crippen molar-refractivity contribution in [1.82, 2.24) is 20.1 Å². The number of nitrogens with one attached hydrogen (secondary N) is 2. The number of amides is 1. The molecule has 324 valence electrons. The number of nitrogens with zero attached hydrogens (tertiary/aromatic N) is 2. The zero-order valence-corrected chi connectivity index (χ0v) is 37.7. The summed E-state index contributed by atoms with van der Waals surface area (Å²) in [7, 11) is -2.22. The number of phenols is 1. The molecule has 1 aromatic heterocycles. The highest BCUT2D eigenvalue weighted by Crippen LogP contribution is 2.43. The van der Waals surface area contributed by atoms with Gasteiger partial charge >= 0.3 is 5.97 Å². The molecule has 3 saturated heterocycles. The number of fused-ring (bicyclic) bond motifs is 5. The van der Waals surface area contributed by atoms with Crippen LogP contribution in [0.15, 0.2) is 77.6 Å². The van der Waals surface area contributed by atoms with Crippen molar-refractivity contribution in [2.24, 2.45) is 5.92 Å². The normalized spacial score (nSPS) is 21.9. The molecule has 3 aromatic carbocycles. The number of aromatic hydroxyl groups is 1. The van der Waals surface area contributed by atoms with Crippen LogP contribution in [0.5, 0.6) is 5.75 Å². The van der Waals surface area contributed by atoms with Crippen LogP contribution in [0.2, 0.25) is 18.1 Å². The Morgan fingerprint density at radius 3 is 2.54 bits per heavy atom. The molecule has 3 N–H and O–H groups in total. The minimum atomic E-state index is -2.22. The van der Waals surface area contributed by atoms with Gasteiger partial charge in [-0.15, -0.1) is 0 Å². The van der Waals surface area contributed by atoms with Crippen molar-refractivity contribution in [2.75, 3.05) is 32.7 Å². The van der Waals surface area contributed by atoms with E-state index in [1.165, 1.54) is 6.07 Å². The zero-order valence-electron chi connectivity index (χ0n) is 36.7. The number of aromatic amines is 1. The van der Waals surface area contributed by atoms with Crippen LogP contribution in [0.4, 0.5) is 0 Å². The van der Waals surface area contributed by atoms with Crippen molar-refractivity contribution in [3.8, 4) is 5.75 Å². The summed E-state index contributed by atoms with van der Waals surface area (Å²) in [6.07, 6.45) is 11.8. The first-order valence-corrected chi connectivity index (χ1v) is 25.5. The Kier molecular flexibility index (Phi) is 12.5. The number of pyridine rings is 1. The summed E-state index contributed by atoms with van der Waals surface area (Å²) >= 11 is 0. The average molecular weight is 845 g/mol. The van der Waals surface area contributed by atoms with Crippen LogP contribution in [0.25, 0.3) is 17.0 Å². The number of hydrogen-bond donors (Lipinski definition) is 3. The summed E-state index contributed by atoms with van der Waals surface area (Å²) in [6.45, 7) is 16.5. The molecule has 1 amide bonds. The third-order valence-electron chi connectivity index (χ3n) is 14.5. The minimum Gasteiger partial charge on any atom is -0.506 e. The van der Waals surface area contributed by atoms with Crippen LogP contribution < -0.4 is 10.9 Å². The van der Waals surface area contributed by atoms with Gasteiger partial charge in [-0.25, -0.2) is 0 Å². The summed E-state index contributed by atoms with van der Waals surface area (Å²) in [5.41, 5.74) is 5.48. The Labute approximate surface area is 361 Å². The Bertz CT molecular complexity index is 2330. The molecule has 0 unspecified atom stereocenters. The largest absolute Gasteiger partial charge is 0.506 e. The molecule has 1 aliphatic carbocycles. The summed E-state index contributed by atoms with van der Waals surface area (Å²) in [5, 5.41) is 14.9. The maximum atomic E-state index is 14.1. The first-order valence-electron chi connectivity index (χ1n) is 22.6. The van der Waals surface area contributed by atoms with Crippen LogP contribution >= 0.6 is 0 Å². The standard InChI is InChI=1S/C50H64N4O6Si/c1-49(2,3)61(4,5)60-43(40-17-19-42(55)46-41(40)18-20-45(56)52-46)31-51-30-35-15-16-39-37(28-35)32-54(47(39)57)25-10-7-12-34-13-11-14-38(29-34)50(23-8-6-9-24-50)48(58)59-44-33-53-26-21-36(44)22-27-53/h7,11-20,28-29,36,43-44,51,55H,6,8-10,21-27,30-33H2,1-5H3,(H,52,56)/b12-7+/t43-,44-/m0/s1. The first-order chi connectivity index (χ1) is 29.2. The van der Waals surface area contributed by atoms with E-state index >= 15 is 0 Å². The van der Waals surface area contributed by atoms with Gasteiger partial charge in [0.2, 0.25) is 5.56 Å². The maximum Gasteiger partial charge on any atom is 0.316 e. The molecule has 4 aromatic rings. The lowest BCUT2D eigenvalue weighted by molar-refractivity contribution is -0.167. The van der Waals surface area contributed by atoms with Crippen molar-refractivity contribution in [1.29, 1.82) is 0 Å². The highest BCUT2D eigenvalue weighted by molar-refractivity contribution is 6.74. The summed E-state index contributed by atoms with van der Waals surface area (Å²) < 4.78 is 13.4. The van der Waals surface area contributed by atoms with Gasteiger partial charge in [0.1, 0.15) is 11.9 Å². The van der Waals surface area contributed by atoms with Gasteiger partial charge in [0.05, 0.1) is 17.0 Å². The number of H-pyrrole nitrogens is 1. The molecule has 4 aliphatic heterocycles. The zero-order chi connectivity index (χ0) is 42.9. The lowest BCUT2D eigenvalue weighted by Gasteiger charge is -2.45. The van der Waals surface area contributed by atoms with Gasteiger partial charge in [-0.05, 0) is 115 Å². The first kappa shape index (κ1) is 43.1. The number of esters is 1. The quantitative estimate of drug-likeness (QED) is 0.0850. The highest BCUT2D eigenvalue weighted by atomic mass is 28.4. The summed E-state index contributed by atoms with van der Waals surface area (Å²) in [5.74, 6) is 0.553. The van der Waals surface area contributed by atoms with E-state index in [4.69, 9.17) is 9.16 Å². The van der Waals surface area contributed by atoms with Gasteiger partial charge in [0.15, 0.2) is 8.32 Å². The van der Waals surface area contributed by atoms with Crippen molar-refractivity contribution < 1.29 is 23.9 Å². The van der Waals surface area contributed by atoms with Crippen LogP contribution in [-0.2, 0) is 32.5 Å². The molecule has 5 aliphatic rings. The van der Waals surface area contributed by atoms with E-state index in [9.17, 15) is 19.5 Å². The van der Waals surface area contributed by atoms with E-state index < -0.39 is 13.7 Å². The average Bonchev–Trinajstić information content (AvgIpc) is 3.56. The Morgan fingerprint density at radius 2 is 1.80 bits per heavy atom. The number of piperidine rings is 3. The molecule has 1 saturated carbocycles. The van der Waals surface area contributed by atoms with Crippen molar-refractivity contribution >= 4 is 37.2 Å². The molecule has 2 bridgehead atoms. The third kappa shape index (κ3) is 9.17. The molecule has 4 fully saturated rings. The summed E-state index contributed by atoms with van der Waals surface area (Å²) in [6, 6.07) is 21.3. The predicted molar refractivity (Wildman–Crippen MR) is 244 cm³/mol. The number of hydrogen-bond acceptors (Lipinski definition) is 8. The fourth-order valence-electron chi connectivity index (χ4n) is 9.81. The van der Waals surface area contributed by atoms with Crippen molar-refractivity contribution in [3.63, 3.8) is 0 Å². The topological polar surface area (TPSA) is 124 Å². The van der Waals surface area contributed by atoms with Gasteiger partial charge in [-0.3, -0.25) is 19.3 Å². The Balaban J connectivity index is 0.886. The number of benzene rings is 3. The van der Waals surface area contributed by atoms with E-state index in [0.29, 0.717) is 37.6 Å². The highest BCUT2D eigenvalue weighted by Gasteiger charge is 2.46. The summed E-state index contributed by atoms with van der Waals surface area (Å²) in [4.78, 5) is 46.9. The van der Waals surface area contributed by atoms with Gasteiger partial charge in [-0.2, -0.15) is 0 Å². The third-order valence-corrected chi connectivity index (χ3v) is 19.0. The maximum absolute atomic E-state index is 14.1. The predicted octanol–water partition coefficient (Wildman–Crippen LogP) is 8.99. The smallest absolute Gasteiger partial charge is 0.316 e. The molecule has 5 heterocycles. The molecule has 10 nitrogen and oxygen atoms in total. The van der Waals surface area contributed by atoms with Crippen molar-refractivity contribution in [2.45, 2.75) is 121 Å². The fourth-order valence-corrected chi connectivity index (χ4v) is 11.1. The van der Waals surface area contributed by atoms with E-state index in [2.05, 4.69) is 91.5 Å². The molecule has 61 heavy (non-hydrogen) atoms. The molecular formula is C50H64N4O6Si. The van der Waals surface area contributed by atoms with Gasteiger partial charge in [0, 0.05) is 49.7 Å². The molecular weight excluding hydrogens is 781 g/mol. The SMILES string of the molecule is CC(C)(C)[Si](C)(C)O[C@@H](CNCc1ccc2c(c1)CN(CC/C=C/c1cccc(C3(C(=O)O[C@H]4CN5CCC4CC5)CCCCC3)c1)C2=O)c1ccc(O)c2[nH]c(=O)ccc12. The fraction of sp³-hybridized carbons (Fsp3) is 0.500. The Hall–Kier alpha value is -4.55. The van der Waals surface area contributed by atoms with Crippen LogP contribution in [-0.4, -0.2) is 78.9 Å². The van der Waals surface area contributed by atoms with E-state index in [-0.39, 0.29) is 40.4 Å².